The standard InChI is InChI=1S/C25H28FN5O2/c1-18-29-23(17-24(30-18)31-14-3-2-4-15-31)27-12-13-28-25(32)19-6-5-7-22(16-19)33-21-10-8-20(26)9-11-21/h5-11,16-17H,2-4,12-15H2,1H3,(H,28,32)(H,27,29,30). The number of nitrogens with one attached hydrogen (secondary N) is 2. The highest BCUT2D eigenvalue weighted by Crippen LogP contribution is 2.23. The smallest absolute Gasteiger partial charge is 0.251 e. The molecule has 2 heterocycles. The van der Waals surface area contributed by atoms with Gasteiger partial charge in [-0.3, -0.25) is 4.79 Å². The minimum Gasteiger partial charge on any atom is -0.457 e. The van der Waals surface area contributed by atoms with Gasteiger partial charge in [0.2, 0.25) is 0 Å². The highest BCUT2D eigenvalue weighted by atomic mass is 19.1. The first-order valence-corrected chi connectivity index (χ1v) is 11.2. The number of halogens is 1. The molecule has 1 aliphatic heterocycles. The zero-order valence-electron chi connectivity index (χ0n) is 18.7. The van der Waals surface area contributed by atoms with Crippen molar-refractivity contribution in [2.45, 2.75) is 26.2 Å². The van der Waals surface area contributed by atoms with E-state index in [0.717, 1.165) is 30.5 Å². The van der Waals surface area contributed by atoms with E-state index in [2.05, 4.69) is 25.5 Å². The second-order valence-electron chi connectivity index (χ2n) is 7.97. The van der Waals surface area contributed by atoms with E-state index in [-0.39, 0.29) is 11.7 Å². The number of aryl methyl sites for hydroxylation is 1. The molecular weight excluding hydrogens is 421 g/mol. The maximum atomic E-state index is 13.1. The summed E-state index contributed by atoms with van der Waals surface area (Å²) in [5.41, 5.74) is 0.486. The Kier molecular flexibility index (Phi) is 7.34. The molecule has 0 unspecified atom stereocenters. The molecule has 1 aliphatic rings. The summed E-state index contributed by atoms with van der Waals surface area (Å²) in [4.78, 5) is 23.9. The average molecular weight is 450 g/mol. The van der Waals surface area contributed by atoms with Gasteiger partial charge in [0.25, 0.3) is 5.91 Å². The number of rotatable bonds is 8. The van der Waals surface area contributed by atoms with Gasteiger partial charge in [-0.15, -0.1) is 0 Å². The minimum atomic E-state index is -0.330. The van der Waals surface area contributed by atoms with Crippen molar-refractivity contribution < 1.29 is 13.9 Å². The van der Waals surface area contributed by atoms with Crippen molar-refractivity contribution in [3.63, 3.8) is 0 Å². The summed E-state index contributed by atoms with van der Waals surface area (Å²) >= 11 is 0. The summed E-state index contributed by atoms with van der Waals surface area (Å²) in [6.45, 7) is 4.91. The van der Waals surface area contributed by atoms with Crippen molar-refractivity contribution in [3.8, 4) is 11.5 Å². The van der Waals surface area contributed by atoms with Crippen molar-refractivity contribution in [1.29, 1.82) is 0 Å². The molecule has 4 rings (SSSR count). The van der Waals surface area contributed by atoms with Gasteiger partial charge in [0.15, 0.2) is 0 Å². The molecule has 0 atom stereocenters. The van der Waals surface area contributed by atoms with Gasteiger partial charge in [-0.1, -0.05) is 6.07 Å². The molecule has 1 aromatic heterocycles. The number of hydrogen-bond acceptors (Lipinski definition) is 6. The van der Waals surface area contributed by atoms with Gasteiger partial charge in [0, 0.05) is 37.8 Å². The van der Waals surface area contributed by atoms with Crippen LogP contribution in [0.5, 0.6) is 11.5 Å². The van der Waals surface area contributed by atoms with Crippen LogP contribution in [-0.2, 0) is 0 Å². The monoisotopic (exact) mass is 449 g/mol. The van der Waals surface area contributed by atoms with E-state index in [1.54, 1.807) is 36.4 Å². The molecule has 7 nitrogen and oxygen atoms in total. The molecule has 1 saturated heterocycles. The highest BCUT2D eigenvalue weighted by Gasteiger charge is 2.14. The van der Waals surface area contributed by atoms with E-state index < -0.39 is 0 Å². The van der Waals surface area contributed by atoms with Gasteiger partial charge in [-0.2, -0.15) is 0 Å². The van der Waals surface area contributed by atoms with Gasteiger partial charge < -0.3 is 20.3 Å². The van der Waals surface area contributed by atoms with Crippen LogP contribution >= 0.6 is 0 Å². The molecular formula is C25H28FN5O2. The fourth-order valence-electron chi connectivity index (χ4n) is 3.74. The van der Waals surface area contributed by atoms with Gasteiger partial charge in [-0.25, -0.2) is 14.4 Å². The molecule has 2 N–H and O–H groups in total. The first-order chi connectivity index (χ1) is 16.1. The van der Waals surface area contributed by atoms with Gasteiger partial charge in [0.05, 0.1) is 0 Å². The fourth-order valence-corrected chi connectivity index (χ4v) is 3.74. The third-order valence-corrected chi connectivity index (χ3v) is 5.37. The maximum Gasteiger partial charge on any atom is 0.251 e. The molecule has 1 fully saturated rings. The number of benzene rings is 2. The minimum absolute atomic E-state index is 0.200. The Morgan fingerprint density at radius 3 is 2.58 bits per heavy atom. The number of hydrogen-bond donors (Lipinski definition) is 2. The summed E-state index contributed by atoms with van der Waals surface area (Å²) in [5, 5.41) is 6.17. The average Bonchev–Trinajstić information content (AvgIpc) is 2.83. The number of carbonyl (C=O) groups is 1. The fraction of sp³-hybridized carbons (Fsp3) is 0.320. The predicted octanol–water partition coefficient (Wildman–Crippen LogP) is 4.55. The van der Waals surface area contributed by atoms with Gasteiger partial charge in [-0.05, 0) is 68.7 Å². The van der Waals surface area contributed by atoms with Gasteiger partial charge in [0.1, 0.15) is 34.8 Å². The normalized spacial score (nSPS) is 13.5. The molecule has 33 heavy (non-hydrogen) atoms. The molecule has 172 valence electrons. The summed E-state index contributed by atoms with van der Waals surface area (Å²) in [5.74, 6) is 2.91. The van der Waals surface area contributed by atoms with E-state index in [1.165, 1.54) is 31.4 Å². The van der Waals surface area contributed by atoms with Crippen molar-refractivity contribution >= 4 is 17.5 Å². The Morgan fingerprint density at radius 2 is 1.79 bits per heavy atom. The van der Waals surface area contributed by atoms with Crippen molar-refractivity contribution in [2.75, 3.05) is 36.4 Å². The molecule has 0 bridgehead atoms. The first kappa shape index (κ1) is 22.5. The first-order valence-electron chi connectivity index (χ1n) is 11.2. The van der Waals surface area contributed by atoms with Crippen LogP contribution in [0.3, 0.4) is 0 Å². The molecule has 0 saturated carbocycles. The van der Waals surface area contributed by atoms with Crippen LogP contribution in [0.1, 0.15) is 35.4 Å². The number of nitrogens with zero attached hydrogens (tertiary/aromatic N) is 3. The number of amides is 1. The molecule has 0 spiro atoms. The zero-order chi connectivity index (χ0) is 23.0. The van der Waals surface area contributed by atoms with E-state index in [9.17, 15) is 9.18 Å². The number of ether oxygens (including phenoxy) is 1. The van der Waals surface area contributed by atoms with E-state index in [1.807, 2.05) is 13.0 Å². The Labute approximate surface area is 193 Å². The van der Waals surface area contributed by atoms with Crippen LogP contribution in [-0.4, -0.2) is 42.1 Å². The molecule has 2 aromatic carbocycles. The summed E-state index contributed by atoms with van der Waals surface area (Å²) in [6.07, 6.45) is 3.65. The summed E-state index contributed by atoms with van der Waals surface area (Å²) < 4.78 is 18.8. The predicted molar refractivity (Wildman–Crippen MR) is 127 cm³/mol. The zero-order valence-corrected chi connectivity index (χ0v) is 18.7. The van der Waals surface area contributed by atoms with Crippen molar-refractivity contribution in [2.24, 2.45) is 0 Å². The lowest BCUT2D eigenvalue weighted by Gasteiger charge is -2.28. The molecule has 0 radical (unpaired) electrons. The van der Waals surface area contributed by atoms with Crippen LogP contribution in [0.4, 0.5) is 16.0 Å². The van der Waals surface area contributed by atoms with Crippen LogP contribution in [0.15, 0.2) is 54.6 Å². The summed E-state index contributed by atoms with van der Waals surface area (Å²) in [6, 6.07) is 14.6. The SMILES string of the molecule is Cc1nc(NCCNC(=O)c2cccc(Oc3ccc(F)cc3)c2)cc(N2CCCCC2)n1. The van der Waals surface area contributed by atoms with Crippen LogP contribution < -0.4 is 20.3 Å². The third kappa shape index (κ3) is 6.41. The Balaban J connectivity index is 1.28. The van der Waals surface area contributed by atoms with E-state index in [4.69, 9.17) is 4.74 Å². The highest BCUT2D eigenvalue weighted by molar-refractivity contribution is 5.94. The second-order valence-corrected chi connectivity index (χ2v) is 7.97. The number of carbonyl (C=O) groups excluding carboxylic acids is 1. The van der Waals surface area contributed by atoms with E-state index in [0.29, 0.717) is 30.2 Å². The van der Waals surface area contributed by atoms with Crippen LogP contribution in [0.25, 0.3) is 0 Å². The quantitative estimate of drug-likeness (QED) is 0.491. The lowest BCUT2D eigenvalue weighted by Crippen LogP contribution is -2.31. The topological polar surface area (TPSA) is 79.4 Å². The van der Waals surface area contributed by atoms with Crippen molar-refractivity contribution in [1.82, 2.24) is 15.3 Å². The Bertz CT molecular complexity index is 1080. The molecule has 1 amide bonds. The van der Waals surface area contributed by atoms with Gasteiger partial charge >= 0.3 is 0 Å². The van der Waals surface area contributed by atoms with Crippen molar-refractivity contribution in [3.05, 3.63) is 71.8 Å². The Morgan fingerprint density at radius 1 is 1.00 bits per heavy atom. The van der Waals surface area contributed by atoms with E-state index >= 15 is 0 Å². The molecule has 0 aliphatic carbocycles. The summed E-state index contributed by atoms with van der Waals surface area (Å²) in [7, 11) is 0. The number of aromatic nitrogens is 2. The molecule has 3 aromatic rings. The maximum absolute atomic E-state index is 13.1. The number of anilines is 2. The van der Waals surface area contributed by atoms with Crippen LogP contribution in [0.2, 0.25) is 0 Å². The lowest BCUT2D eigenvalue weighted by atomic mass is 10.1. The second kappa shape index (κ2) is 10.8. The lowest BCUT2D eigenvalue weighted by molar-refractivity contribution is 0.0955. The third-order valence-electron chi connectivity index (χ3n) is 5.37. The van der Waals surface area contributed by atoms with Crippen LogP contribution in [0, 0.1) is 12.7 Å². The number of piperidine rings is 1. The molecule has 8 heteroatoms. The largest absolute Gasteiger partial charge is 0.457 e. The Hall–Kier alpha value is -3.68.